The number of benzene rings is 1. The van der Waals surface area contributed by atoms with Gasteiger partial charge in [0.25, 0.3) is 0 Å². The molecular weight excluding hydrogens is 186 g/mol. The van der Waals surface area contributed by atoms with Crippen LogP contribution in [0.15, 0.2) is 18.2 Å². The van der Waals surface area contributed by atoms with Crippen molar-refractivity contribution in [2.24, 2.45) is 0 Å². The normalized spacial score (nSPS) is 8.46. The van der Waals surface area contributed by atoms with E-state index in [1.54, 1.807) is 6.07 Å². The van der Waals surface area contributed by atoms with E-state index in [9.17, 15) is 0 Å². The highest BCUT2D eigenvalue weighted by atomic mass is 35.5. The molecule has 3 nitrogen and oxygen atoms in total. The molecule has 0 bridgehead atoms. The van der Waals surface area contributed by atoms with Crippen LogP contribution in [0.5, 0.6) is 0 Å². The molecule has 0 aromatic heterocycles. The summed E-state index contributed by atoms with van der Waals surface area (Å²) in [5, 5.41) is 8.66. The van der Waals surface area contributed by atoms with Gasteiger partial charge in [-0.2, -0.15) is 0 Å². The summed E-state index contributed by atoms with van der Waals surface area (Å²) in [6, 6.07) is 5.70. The van der Waals surface area contributed by atoms with Gasteiger partial charge in [-0.25, -0.2) is 0 Å². The smallest absolute Gasteiger partial charge is 0.408 e. The first-order chi connectivity index (χ1) is 5.65. The molecule has 0 spiro atoms. The van der Waals surface area contributed by atoms with E-state index in [-0.39, 0.29) is 12.4 Å². The van der Waals surface area contributed by atoms with Gasteiger partial charge in [-0.1, -0.05) is 6.07 Å². The molecule has 0 aliphatic carbocycles. The van der Waals surface area contributed by atoms with Crippen molar-refractivity contribution in [1.29, 1.82) is 5.39 Å². The summed E-state index contributed by atoms with van der Waals surface area (Å²) in [5.74, 6) is 0. The van der Waals surface area contributed by atoms with Crippen LogP contribution >= 0.6 is 0 Å². The Morgan fingerprint density at radius 1 is 1.31 bits per heavy atom. The fraction of sp³-hybridized carbons (Fsp3) is 0.333. The number of hydrogen-bond acceptors (Lipinski definition) is 2. The molecule has 70 valence electrons. The molecule has 4 heteroatoms. The van der Waals surface area contributed by atoms with Gasteiger partial charge in [-0.15, -0.1) is 0 Å². The molecule has 0 radical (unpaired) electrons. The SMILES string of the molecule is Cc1ccc([N+]#N)c(N(C)C)c1.[Cl-]. The molecule has 0 heterocycles. The quantitative estimate of drug-likeness (QED) is 0.572. The van der Waals surface area contributed by atoms with Crippen molar-refractivity contribution in [3.63, 3.8) is 0 Å². The maximum Gasteiger partial charge on any atom is 0.408 e. The summed E-state index contributed by atoms with van der Waals surface area (Å²) in [6.45, 7) is 2.01. The Hall–Kier alpha value is -1.27. The van der Waals surface area contributed by atoms with Crippen molar-refractivity contribution >= 4 is 11.4 Å². The van der Waals surface area contributed by atoms with E-state index >= 15 is 0 Å². The third-order valence-corrected chi connectivity index (χ3v) is 1.72. The van der Waals surface area contributed by atoms with E-state index in [0.29, 0.717) is 5.69 Å². The predicted octanol–water partition coefficient (Wildman–Crippen LogP) is -0.450. The third kappa shape index (κ3) is 2.60. The Morgan fingerprint density at radius 3 is 2.38 bits per heavy atom. The first kappa shape index (κ1) is 11.7. The fourth-order valence-electron chi connectivity index (χ4n) is 1.08. The van der Waals surface area contributed by atoms with Gasteiger partial charge in [0.1, 0.15) is 5.69 Å². The van der Waals surface area contributed by atoms with Crippen molar-refractivity contribution in [2.75, 3.05) is 19.0 Å². The molecule has 0 N–H and O–H groups in total. The molecule has 0 fully saturated rings. The standard InChI is InChI=1S/C9H12N3.ClH/c1-7-4-5-8(11-10)9(6-7)12(2)3;/h4-6H,1-3H3;1H/q+1;/p-1. The summed E-state index contributed by atoms with van der Waals surface area (Å²) in [7, 11) is 3.84. The van der Waals surface area contributed by atoms with Crippen LogP contribution in [-0.4, -0.2) is 14.1 Å². The molecular formula is C9H12ClN3. The summed E-state index contributed by atoms with van der Waals surface area (Å²) in [5.41, 5.74) is 2.69. The largest absolute Gasteiger partial charge is 1.00 e. The molecule has 0 aliphatic heterocycles. The van der Waals surface area contributed by atoms with Gasteiger partial charge >= 0.3 is 5.69 Å². The second-order valence-corrected chi connectivity index (χ2v) is 2.99. The van der Waals surface area contributed by atoms with Gasteiger partial charge in [0, 0.05) is 20.2 Å². The Bertz CT molecular complexity index is 328. The number of hydrogen-bond donors (Lipinski definition) is 0. The monoisotopic (exact) mass is 197 g/mol. The average molecular weight is 198 g/mol. The van der Waals surface area contributed by atoms with Crippen LogP contribution in [0.4, 0.5) is 11.4 Å². The topological polar surface area (TPSA) is 31.4 Å². The first-order valence-electron chi connectivity index (χ1n) is 3.78. The van der Waals surface area contributed by atoms with Gasteiger partial charge in [-0.3, -0.25) is 0 Å². The van der Waals surface area contributed by atoms with Crippen LogP contribution in [0.2, 0.25) is 0 Å². The zero-order chi connectivity index (χ0) is 9.14. The minimum absolute atomic E-state index is 0. The minimum Gasteiger partial charge on any atom is -1.00 e. The lowest BCUT2D eigenvalue weighted by atomic mass is 10.2. The zero-order valence-corrected chi connectivity index (χ0v) is 8.71. The van der Waals surface area contributed by atoms with Crippen molar-refractivity contribution < 1.29 is 12.4 Å². The maximum absolute atomic E-state index is 8.66. The summed E-state index contributed by atoms with van der Waals surface area (Å²) in [4.78, 5) is 5.11. The van der Waals surface area contributed by atoms with E-state index in [4.69, 9.17) is 5.39 Å². The molecule has 0 aliphatic rings. The van der Waals surface area contributed by atoms with Crippen LogP contribution in [0, 0.1) is 12.3 Å². The van der Waals surface area contributed by atoms with Crippen LogP contribution < -0.4 is 17.3 Å². The highest BCUT2D eigenvalue weighted by molar-refractivity contribution is 5.70. The van der Waals surface area contributed by atoms with Gasteiger partial charge in [0.2, 0.25) is 5.39 Å². The highest BCUT2D eigenvalue weighted by Crippen LogP contribution is 2.27. The Labute approximate surface area is 84.4 Å². The predicted molar refractivity (Wildman–Crippen MR) is 50.3 cm³/mol. The van der Waals surface area contributed by atoms with Gasteiger partial charge in [0.05, 0.1) is 0 Å². The number of halogens is 1. The minimum atomic E-state index is 0. The van der Waals surface area contributed by atoms with Crippen LogP contribution in [0.1, 0.15) is 5.56 Å². The van der Waals surface area contributed by atoms with Crippen molar-refractivity contribution in [2.45, 2.75) is 6.92 Å². The lowest BCUT2D eigenvalue weighted by molar-refractivity contribution is -0.00000285. The lowest BCUT2D eigenvalue weighted by Gasteiger charge is -2.09. The van der Waals surface area contributed by atoms with E-state index in [2.05, 4.69) is 4.98 Å². The van der Waals surface area contributed by atoms with E-state index < -0.39 is 0 Å². The number of rotatable bonds is 1. The average Bonchev–Trinajstić information content (AvgIpc) is 2.04. The van der Waals surface area contributed by atoms with Crippen LogP contribution in [-0.2, 0) is 0 Å². The Morgan fingerprint density at radius 2 is 1.92 bits per heavy atom. The summed E-state index contributed by atoms with van der Waals surface area (Å²) < 4.78 is 0. The molecule has 13 heavy (non-hydrogen) atoms. The van der Waals surface area contributed by atoms with Gasteiger partial charge < -0.3 is 17.3 Å². The van der Waals surface area contributed by atoms with Crippen molar-refractivity contribution in [3.05, 3.63) is 28.7 Å². The van der Waals surface area contributed by atoms with Gasteiger partial charge in [-0.05, 0) is 18.6 Å². The number of anilines is 1. The number of diazo groups is 1. The van der Waals surface area contributed by atoms with Crippen molar-refractivity contribution in [1.82, 2.24) is 0 Å². The molecule has 0 amide bonds. The molecule has 0 saturated carbocycles. The first-order valence-corrected chi connectivity index (χ1v) is 3.78. The lowest BCUT2D eigenvalue weighted by Crippen LogP contribution is -3.00. The third-order valence-electron chi connectivity index (χ3n) is 1.72. The fourth-order valence-corrected chi connectivity index (χ4v) is 1.08. The van der Waals surface area contributed by atoms with E-state index in [1.807, 2.05) is 38.1 Å². The van der Waals surface area contributed by atoms with Crippen LogP contribution in [0.3, 0.4) is 0 Å². The summed E-state index contributed by atoms with van der Waals surface area (Å²) in [6.07, 6.45) is 0. The Balaban J connectivity index is 0.00000144. The van der Waals surface area contributed by atoms with Gasteiger partial charge in [0.15, 0.2) is 4.98 Å². The van der Waals surface area contributed by atoms with Crippen molar-refractivity contribution in [3.8, 4) is 0 Å². The molecule has 1 rings (SSSR count). The maximum atomic E-state index is 8.66. The van der Waals surface area contributed by atoms with E-state index in [0.717, 1.165) is 11.3 Å². The van der Waals surface area contributed by atoms with Crippen LogP contribution in [0.25, 0.3) is 4.98 Å². The van der Waals surface area contributed by atoms with E-state index in [1.165, 1.54) is 0 Å². The molecule has 1 aromatic rings. The molecule has 0 unspecified atom stereocenters. The summed E-state index contributed by atoms with van der Waals surface area (Å²) >= 11 is 0. The molecule has 0 atom stereocenters. The highest BCUT2D eigenvalue weighted by Gasteiger charge is 2.14. The molecule has 0 saturated heterocycles. The zero-order valence-electron chi connectivity index (χ0n) is 7.95. The second kappa shape index (κ2) is 4.68. The molecule has 1 aromatic carbocycles. The number of nitrogens with zero attached hydrogens (tertiary/aromatic N) is 3. The Kier molecular flexibility index (Phi) is 4.22. The number of aryl methyl sites for hydroxylation is 1. The second-order valence-electron chi connectivity index (χ2n) is 2.99.